The molecule has 0 unspecified atom stereocenters. The summed E-state index contributed by atoms with van der Waals surface area (Å²) in [5, 5.41) is 6.86. The largest absolute Gasteiger partial charge is 0.493 e. The molecule has 0 aromatic heterocycles. The molecular weight excluding hydrogens is 276 g/mol. The van der Waals surface area contributed by atoms with Crippen molar-refractivity contribution in [3.05, 3.63) is 18.2 Å². The Kier molecular flexibility index (Phi) is 5.43. The molecule has 1 aromatic carbocycles. The molecule has 1 fully saturated rings. The molecule has 0 spiro atoms. The van der Waals surface area contributed by atoms with Crippen LogP contribution < -0.4 is 20.1 Å². The van der Waals surface area contributed by atoms with Gasteiger partial charge in [0.25, 0.3) is 0 Å². The molecule has 1 aromatic rings. The fraction of sp³-hybridized carbons (Fsp3) is 0.500. The fourth-order valence-electron chi connectivity index (χ4n) is 2.10. The number of hydrogen-bond acceptors (Lipinski definition) is 4. The number of ether oxygens (including phenoxy) is 3. The Hall–Kier alpha value is -1.53. The standard InChI is InChI=1S/C14H20N2O3S/c1-17-12-6-5-10(8-13(12)18-2)16-14(20)15-9-11-4-3-7-19-11/h5-6,8,11H,3-4,7,9H2,1-2H3,(H2,15,16,20)/t11-/m1/s1. The summed E-state index contributed by atoms with van der Waals surface area (Å²) < 4.78 is 16.0. The average Bonchev–Trinajstić information content (AvgIpc) is 2.98. The summed E-state index contributed by atoms with van der Waals surface area (Å²) >= 11 is 5.26. The van der Waals surface area contributed by atoms with Crippen molar-refractivity contribution in [2.24, 2.45) is 0 Å². The van der Waals surface area contributed by atoms with E-state index >= 15 is 0 Å². The summed E-state index contributed by atoms with van der Waals surface area (Å²) in [5.41, 5.74) is 0.854. The predicted molar refractivity (Wildman–Crippen MR) is 82.7 cm³/mol. The van der Waals surface area contributed by atoms with Gasteiger partial charge >= 0.3 is 0 Å². The molecule has 2 N–H and O–H groups in total. The van der Waals surface area contributed by atoms with E-state index < -0.39 is 0 Å². The minimum atomic E-state index is 0.264. The first-order valence-corrected chi connectivity index (χ1v) is 7.02. The summed E-state index contributed by atoms with van der Waals surface area (Å²) in [7, 11) is 3.22. The second-order valence-corrected chi connectivity index (χ2v) is 4.95. The second-order valence-electron chi connectivity index (χ2n) is 4.54. The molecule has 0 amide bonds. The smallest absolute Gasteiger partial charge is 0.170 e. The van der Waals surface area contributed by atoms with Gasteiger partial charge in [0.2, 0.25) is 0 Å². The van der Waals surface area contributed by atoms with Gasteiger partial charge < -0.3 is 24.8 Å². The normalized spacial score (nSPS) is 17.6. The molecule has 0 radical (unpaired) electrons. The van der Waals surface area contributed by atoms with Gasteiger partial charge in [-0.1, -0.05) is 0 Å². The zero-order valence-corrected chi connectivity index (χ0v) is 12.6. The van der Waals surface area contributed by atoms with Gasteiger partial charge in [-0.3, -0.25) is 0 Å². The Labute approximate surface area is 124 Å². The van der Waals surface area contributed by atoms with Gasteiger partial charge in [-0.2, -0.15) is 0 Å². The zero-order chi connectivity index (χ0) is 14.4. The topological polar surface area (TPSA) is 51.8 Å². The molecule has 1 aliphatic heterocycles. The van der Waals surface area contributed by atoms with E-state index in [4.69, 9.17) is 26.4 Å². The maximum atomic E-state index is 5.53. The van der Waals surface area contributed by atoms with E-state index in [0.717, 1.165) is 31.7 Å². The summed E-state index contributed by atoms with van der Waals surface area (Å²) in [4.78, 5) is 0. The Morgan fingerprint density at radius 1 is 1.35 bits per heavy atom. The van der Waals surface area contributed by atoms with Crippen LogP contribution in [0.1, 0.15) is 12.8 Å². The van der Waals surface area contributed by atoms with Crippen LogP contribution in [0.5, 0.6) is 11.5 Å². The lowest BCUT2D eigenvalue weighted by Gasteiger charge is -2.15. The van der Waals surface area contributed by atoms with Crippen LogP contribution in [0.2, 0.25) is 0 Å². The van der Waals surface area contributed by atoms with Crippen molar-refractivity contribution >= 4 is 23.0 Å². The van der Waals surface area contributed by atoms with E-state index in [2.05, 4.69) is 10.6 Å². The maximum Gasteiger partial charge on any atom is 0.170 e. The van der Waals surface area contributed by atoms with Crippen molar-refractivity contribution in [3.8, 4) is 11.5 Å². The van der Waals surface area contributed by atoms with Crippen LogP contribution in [0.4, 0.5) is 5.69 Å². The van der Waals surface area contributed by atoms with Crippen LogP contribution in [0, 0.1) is 0 Å². The lowest BCUT2D eigenvalue weighted by molar-refractivity contribution is 0.114. The SMILES string of the molecule is COc1ccc(NC(=S)NC[C@H]2CCCO2)cc1OC. The molecular formula is C14H20N2O3S. The first kappa shape index (κ1) is 14.9. The molecule has 20 heavy (non-hydrogen) atoms. The van der Waals surface area contributed by atoms with Crippen molar-refractivity contribution in [1.29, 1.82) is 0 Å². The molecule has 1 saturated heterocycles. The monoisotopic (exact) mass is 296 g/mol. The quantitative estimate of drug-likeness (QED) is 0.812. The van der Waals surface area contributed by atoms with E-state index in [1.165, 1.54) is 0 Å². The number of rotatable bonds is 5. The lowest BCUT2D eigenvalue weighted by Crippen LogP contribution is -2.34. The molecule has 110 valence electrons. The van der Waals surface area contributed by atoms with Crippen LogP contribution in [-0.4, -0.2) is 38.6 Å². The van der Waals surface area contributed by atoms with Crippen LogP contribution >= 0.6 is 12.2 Å². The third kappa shape index (κ3) is 3.98. The van der Waals surface area contributed by atoms with Crippen molar-refractivity contribution in [3.63, 3.8) is 0 Å². The fourth-order valence-corrected chi connectivity index (χ4v) is 2.30. The van der Waals surface area contributed by atoms with Crippen molar-refractivity contribution in [2.75, 3.05) is 32.7 Å². The highest BCUT2D eigenvalue weighted by atomic mass is 32.1. The van der Waals surface area contributed by atoms with Crippen molar-refractivity contribution < 1.29 is 14.2 Å². The van der Waals surface area contributed by atoms with Crippen LogP contribution in [-0.2, 0) is 4.74 Å². The van der Waals surface area contributed by atoms with Crippen LogP contribution in [0.15, 0.2) is 18.2 Å². The number of benzene rings is 1. The first-order valence-electron chi connectivity index (χ1n) is 6.61. The molecule has 0 saturated carbocycles. The van der Waals surface area contributed by atoms with Crippen molar-refractivity contribution in [1.82, 2.24) is 5.32 Å². The second kappa shape index (κ2) is 7.31. The molecule has 6 heteroatoms. The highest BCUT2D eigenvalue weighted by Crippen LogP contribution is 2.29. The van der Waals surface area contributed by atoms with Crippen molar-refractivity contribution in [2.45, 2.75) is 18.9 Å². The molecule has 1 heterocycles. The van der Waals surface area contributed by atoms with E-state index in [9.17, 15) is 0 Å². The summed E-state index contributed by atoms with van der Waals surface area (Å²) in [5.74, 6) is 1.36. The maximum absolute atomic E-state index is 5.53. The Balaban J connectivity index is 1.86. The number of thiocarbonyl (C=S) groups is 1. The van der Waals surface area contributed by atoms with Gasteiger partial charge in [0.05, 0.1) is 20.3 Å². The Morgan fingerprint density at radius 2 is 2.15 bits per heavy atom. The van der Waals surface area contributed by atoms with Gasteiger partial charge in [0, 0.05) is 24.9 Å². The van der Waals surface area contributed by atoms with E-state index in [1.807, 2.05) is 18.2 Å². The Morgan fingerprint density at radius 3 is 2.80 bits per heavy atom. The van der Waals surface area contributed by atoms with E-state index in [1.54, 1.807) is 14.2 Å². The summed E-state index contributed by atoms with van der Waals surface area (Å²) in [6.45, 7) is 1.58. The van der Waals surface area contributed by atoms with Gasteiger partial charge in [0.15, 0.2) is 16.6 Å². The zero-order valence-electron chi connectivity index (χ0n) is 11.8. The van der Waals surface area contributed by atoms with Gasteiger partial charge in [0.1, 0.15) is 0 Å². The average molecular weight is 296 g/mol. The molecule has 0 aliphatic carbocycles. The van der Waals surface area contributed by atoms with E-state index in [0.29, 0.717) is 16.6 Å². The summed E-state index contributed by atoms with van der Waals surface area (Å²) in [6, 6.07) is 5.57. The van der Waals surface area contributed by atoms with Gasteiger partial charge in [-0.05, 0) is 37.2 Å². The summed E-state index contributed by atoms with van der Waals surface area (Å²) in [6.07, 6.45) is 2.48. The minimum absolute atomic E-state index is 0.264. The third-order valence-corrected chi connectivity index (χ3v) is 3.40. The van der Waals surface area contributed by atoms with Crippen LogP contribution in [0.3, 0.4) is 0 Å². The number of anilines is 1. The number of hydrogen-bond donors (Lipinski definition) is 2. The van der Waals surface area contributed by atoms with E-state index in [-0.39, 0.29) is 6.10 Å². The third-order valence-electron chi connectivity index (χ3n) is 3.16. The molecule has 0 bridgehead atoms. The molecule has 5 nitrogen and oxygen atoms in total. The molecule has 1 aliphatic rings. The van der Waals surface area contributed by atoms with Crippen LogP contribution in [0.25, 0.3) is 0 Å². The Bertz CT molecular complexity index is 462. The minimum Gasteiger partial charge on any atom is -0.493 e. The molecule has 2 rings (SSSR count). The first-order chi connectivity index (χ1) is 9.72. The highest BCUT2D eigenvalue weighted by Gasteiger charge is 2.15. The molecule has 1 atom stereocenters. The van der Waals surface area contributed by atoms with Gasteiger partial charge in [-0.25, -0.2) is 0 Å². The lowest BCUT2D eigenvalue weighted by atomic mass is 10.2. The highest BCUT2D eigenvalue weighted by molar-refractivity contribution is 7.80. The number of nitrogens with one attached hydrogen (secondary N) is 2. The van der Waals surface area contributed by atoms with Gasteiger partial charge in [-0.15, -0.1) is 0 Å². The predicted octanol–water partition coefficient (Wildman–Crippen LogP) is 2.17. The number of methoxy groups -OCH3 is 2.